The minimum Gasteiger partial charge on any atom is -0.313 e. The second kappa shape index (κ2) is 6.42. The topological polar surface area (TPSA) is 12.0 Å². The molecule has 0 saturated carbocycles. The molecule has 3 heteroatoms. The smallest absolute Gasteiger partial charge is 0.0701 e. The SMILES string of the molecule is CNC(Cc1ccc(C(C)(C)C)cc1)c1csc(Br)c1. The van der Waals surface area contributed by atoms with Gasteiger partial charge in [-0.1, -0.05) is 45.0 Å². The molecule has 0 aliphatic rings. The Morgan fingerprint density at radius 3 is 2.30 bits per heavy atom. The maximum absolute atomic E-state index is 3.54. The van der Waals surface area contributed by atoms with Crippen LogP contribution < -0.4 is 5.32 Å². The third-order valence-corrected chi connectivity index (χ3v) is 5.12. The van der Waals surface area contributed by atoms with Crippen LogP contribution in [0.25, 0.3) is 0 Å². The highest BCUT2D eigenvalue weighted by atomic mass is 79.9. The van der Waals surface area contributed by atoms with Crippen LogP contribution in [0.5, 0.6) is 0 Å². The second-order valence-corrected chi connectivity index (χ2v) is 8.47. The number of halogens is 1. The Balaban J connectivity index is 2.12. The quantitative estimate of drug-likeness (QED) is 0.786. The summed E-state index contributed by atoms with van der Waals surface area (Å²) in [5.41, 5.74) is 4.34. The van der Waals surface area contributed by atoms with Crippen molar-refractivity contribution in [2.75, 3.05) is 7.05 Å². The Kier molecular flexibility index (Phi) is 5.05. The van der Waals surface area contributed by atoms with Gasteiger partial charge < -0.3 is 5.32 Å². The van der Waals surface area contributed by atoms with Crippen LogP contribution in [0, 0.1) is 0 Å². The molecule has 0 aliphatic heterocycles. The maximum Gasteiger partial charge on any atom is 0.0701 e. The molecule has 1 nitrogen and oxygen atoms in total. The van der Waals surface area contributed by atoms with Crippen molar-refractivity contribution in [1.82, 2.24) is 5.32 Å². The van der Waals surface area contributed by atoms with Gasteiger partial charge in [0.2, 0.25) is 0 Å². The average Bonchev–Trinajstić information content (AvgIpc) is 2.82. The lowest BCUT2D eigenvalue weighted by atomic mass is 9.86. The molecule has 0 fully saturated rings. The summed E-state index contributed by atoms with van der Waals surface area (Å²) >= 11 is 5.28. The highest BCUT2D eigenvalue weighted by Crippen LogP contribution is 2.28. The fourth-order valence-corrected chi connectivity index (χ4v) is 3.50. The van der Waals surface area contributed by atoms with Gasteiger partial charge in [0.1, 0.15) is 0 Å². The molecule has 0 saturated heterocycles. The molecule has 0 radical (unpaired) electrons. The van der Waals surface area contributed by atoms with E-state index in [4.69, 9.17) is 0 Å². The first-order chi connectivity index (χ1) is 9.40. The summed E-state index contributed by atoms with van der Waals surface area (Å²) in [6.45, 7) is 6.75. The summed E-state index contributed by atoms with van der Waals surface area (Å²) < 4.78 is 1.19. The highest BCUT2D eigenvalue weighted by Gasteiger charge is 2.15. The highest BCUT2D eigenvalue weighted by molar-refractivity contribution is 9.11. The molecule has 1 unspecified atom stereocenters. The van der Waals surface area contributed by atoms with E-state index < -0.39 is 0 Å². The Labute approximate surface area is 134 Å². The van der Waals surface area contributed by atoms with Gasteiger partial charge in [0.15, 0.2) is 0 Å². The van der Waals surface area contributed by atoms with Crippen LogP contribution in [-0.2, 0) is 11.8 Å². The largest absolute Gasteiger partial charge is 0.313 e. The van der Waals surface area contributed by atoms with E-state index in [0.29, 0.717) is 6.04 Å². The monoisotopic (exact) mass is 351 g/mol. The number of benzene rings is 1. The minimum atomic E-state index is 0.221. The lowest BCUT2D eigenvalue weighted by Crippen LogP contribution is -2.18. The van der Waals surface area contributed by atoms with Gasteiger partial charge in [0, 0.05) is 6.04 Å². The molecular formula is C17H22BrNS. The van der Waals surface area contributed by atoms with Crippen LogP contribution in [0.15, 0.2) is 39.5 Å². The molecule has 0 amide bonds. The minimum absolute atomic E-state index is 0.221. The molecule has 20 heavy (non-hydrogen) atoms. The van der Waals surface area contributed by atoms with Crippen molar-refractivity contribution in [1.29, 1.82) is 0 Å². The Morgan fingerprint density at radius 2 is 1.85 bits per heavy atom. The number of rotatable bonds is 4. The van der Waals surface area contributed by atoms with Crippen LogP contribution in [0.2, 0.25) is 0 Å². The van der Waals surface area contributed by atoms with Gasteiger partial charge in [-0.2, -0.15) is 0 Å². The van der Waals surface area contributed by atoms with E-state index in [0.717, 1.165) is 6.42 Å². The van der Waals surface area contributed by atoms with E-state index in [1.807, 2.05) is 7.05 Å². The van der Waals surface area contributed by atoms with E-state index >= 15 is 0 Å². The molecule has 2 aromatic rings. The van der Waals surface area contributed by atoms with Crippen molar-refractivity contribution in [3.63, 3.8) is 0 Å². The van der Waals surface area contributed by atoms with Gasteiger partial charge in [0.05, 0.1) is 3.79 Å². The van der Waals surface area contributed by atoms with Crippen molar-refractivity contribution < 1.29 is 0 Å². The summed E-state index contributed by atoms with van der Waals surface area (Å²) in [5.74, 6) is 0. The zero-order chi connectivity index (χ0) is 14.8. The lowest BCUT2D eigenvalue weighted by Gasteiger charge is -2.20. The fourth-order valence-electron chi connectivity index (χ4n) is 2.27. The Bertz CT molecular complexity index is 551. The summed E-state index contributed by atoms with van der Waals surface area (Å²) in [5, 5.41) is 5.63. The van der Waals surface area contributed by atoms with Gasteiger partial charge in [-0.15, -0.1) is 11.3 Å². The predicted molar refractivity (Wildman–Crippen MR) is 92.7 cm³/mol. The molecular weight excluding hydrogens is 330 g/mol. The molecule has 1 aromatic heterocycles. The van der Waals surface area contributed by atoms with Crippen molar-refractivity contribution in [3.8, 4) is 0 Å². The molecule has 1 N–H and O–H groups in total. The van der Waals surface area contributed by atoms with Gasteiger partial charge in [0.25, 0.3) is 0 Å². The van der Waals surface area contributed by atoms with Crippen molar-refractivity contribution in [2.24, 2.45) is 0 Å². The van der Waals surface area contributed by atoms with E-state index in [1.54, 1.807) is 11.3 Å². The fraction of sp³-hybridized carbons (Fsp3) is 0.412. The number of nitrogens with one attached hydrogen (secondary N) is 1. The van der Waals surface area contributed by atoms with Crippen molar-refractivity contribution in [3.05, 3.63) is 56.2 Å². The zero-order valence-electron chi connectivity index (χ0n) is 12.5. The van der Waals surface area contributed by atoms with E-state index in [1.165, 1.54) is 20.5 Å². The molecule has 1 atom stereocenters. The summed E-state index contributed by atoms with van der Waals surface area (Å²) in [7, 11) is 2.03. The average molecular weight is 352 g/mol. The number of likely N-dealkylation sites (N-methyl/N-ethyl adjacent to an activating group) is 1. The van der Waals surface area contributed by atoms with Crippen molar-refractivity contribution >= 4 is 27.3 Å². The van der Waals surface area contributed by atoms with Crippen LogP contribution in [0.3, 0.4) is 0 Å². The van der Waals surface area contributed by atoms with Gasteiger partial charge in [-0.3, -0.25) is 0 Å². The summed E-state index contributed by atoms with van der Waals surface area (Å²) in [6.07, 6.45) is 1.02. The third kappa shape index (κ3) is 3.94. The van der Waals surface area contributed by atoms with Crippen molar-refractivity contribution in [2.45, 2.75) is 38.6 Å². The molecule has 0 aliphatic carbocycles. The van der Waals surface area contributed by atoms with Gasteiger partial charge >= 0.3 is 0 Å². The maximum atomic E-state index is 3.54. The second-order valence-electron chi connectivity index (χ2n) is 6.18. The molecule has 1 aromatic carbocycles. The number of thiophene rings is 1. The third-order valence-electron chi connectivity index (χ3n) is 3.60. The lowest BCUT2D eigenvalue weighted by molar-refractivity contribution is 0.584. The van der Waals surface area contributed by atoms with Crippen LogP contribution in [0.1, 0.15) is 43.5 Å². The van der Waals surface area contributed by atoms with Crippen LogP contribution in [-0.4, -0.2) is 7.05 Å². The normalized spacial score (nSPS) is 13.4. The first-order valence-corrected chi connectivity index (χ1v) is 8.58. The standard InChI is InChI=1S/C17H22BrNS/c1-17(2,3)14-7-5-12(6-8-14)9-15(19-4)13-10-16(18)20-11-13/h5-8,10-11,15,19H,9H2,1-4H3. The summed E-state index contributed by atoms with van der Waals surface area (Å²) in [6, 6.07) is 11.6. The molecule has 1 heterocycles. The Morgan fingerprint density at radius 1 is 1.20 bits per heavy atom. The summed E-state index contributed by atoms with van der Waals surface area (Å²) in [4.78, 5) is 0. The first kappa shape index (κ1) is 15.7. The zero-order valence-corrected chi connectivity index (χ0v) is 14.9. The first-order valence-electron chi connectivity index (χ1n) is 6.91. The van der Waals surface area contributed by atoms with Gasteiger partial charge in [-0.25, -0.2) is 0 Å². The van der Waals surface area contributed by atoms with E-state index in [2.05, 4.69) is 77.7 Å². The molecule has 108 valence electrons. The molecule has 0 spiro atoms. The Hall–Kier alpha value is -0.640. The van der Waals surface area contributed by atoms with Gasteiger partial charge in [-0.05, 0) is 63.0 Å². The van der Waals surface area contributed by atoms with E-state index in [9.17, 15) is 0 Å². The molecule has 2 rings (SSSR count). The van der Waals surface area contributed by atoms with Crippen LogP contribution in [0.4, 0.5) is 0 Å². The molecule has 0 bridgehead atoms. The van der Waals surface area contributed by atoms with Crippen LogP contribution >= 0.6 is 27.3 Å². The van der Waals surface area contributed by atoms with E-state index in [-0.39, 0.29) is 5.41 Å². The predicted octanol–water partition coefficient (Wildman–Crippen LogP) is 5.31. The number of hydrogen-bond acceptors (Lipinski definition) is 2. The number of hydrogen-bond donors (Lipinski definition) is 1.